The Labute approximate surface area is 115 Å². The molecule has 104 valence electrons. The van der Waals surface area contributed by atoms with E-state index in [1.807, 2.05) is 29.2 Å². The minimum atomic E-state index is -0.816. The highest BCUT2D eigenvalue weighted by Crippen LogP contribution is 2.24. The van der Waals surface area contributed by atoms with Gasteiger partial charge in [0, 0.05) is 6.54 Å². The van der Waals surface area contributed by atoms with Gasteiger partial charge in [0.2, 0.25) is 0 Å². The van der Waals surface area contributed by atoms with Gasteiger partial charge < -0.3 is 5.11 Å². The molecule has 1 N–H and O–H groups in total. The maximum Gasteiger partial charge on any atom is 0.321 e. The molecule has 0 saturated carbocycles. The van der Waals surface area contributed by atoms with Crippen LogP contribution in [0.25, 0.3) is 0 Å². The summed E-state index contributed by atoms with van der Waals surface area (Å²) in [5, 5.41) is 21.2. The fraction of sp³-hybridized carbons (Fsp3) is 0.385. The Kier molecular flexibility index (Phi) is 3.19. The number of rotatable bonds is 3. The van der Waals surface area contributed by atoms with Crippen LogP contribution >= 0.6 is 0 Å². The first kappa shape index (κ1) is 12.7. The van der Waals surface area contributed by atoms with E-state index in [1.54, 1.807) is 7.05 Å². The summed E-state index contributed by atoms with van der Waals surface area (Å²) in [6.45, 7) is 0.977. The van der Waals surface area contributed by atoms with E-state index in [9.17, 15) is 9.90 Å². The fourth-order valence-corrected chi connectivity index (χ4v) is 2.56. The van der Waals surface area contributed by atoms with Crippen LogP contribution in [-0.4, -0.2) is 42.2 Å². The number of carbonyl (C=O) groups is 1. The first-order valence-corrected chi connectivity index (χ1v) is 6.40. The highest BCUT2D eigenvalue weighted by molar-refractivity contribution is 5.74. The molecule has 0 bridgehead atoms. The van der Waals surface area contributed by atoms with Gasteiger partial charge in [-0.1, -0.05) is 24.3 Å². The molecule has 7 heteroatoms. The summed E-state index contributed by atoms with van der Waals surface area (Å²) in [6.07, 6.45) is 0.506. The molecule has 2 aromatic rings. The van der Waals surface area contributed by atoms with Crippen LogP contribution in [-0.2, 0) is 31.4 Å². The van der Waals surface area contributed by atoms with Crippen molar-refractivity contribution in [3.05, 3.63) is 41.2 Å². The third-order valence-corrected chi connectivity index (χ3v) is 3.53. The number of aromatic nitrogens is 4. The largest absolute Gasteiger partial charge is 0.480 e. The summed E-state index contributed by atoms with van der Waals surface area (Å²) >= 11 is 0. The van der Waals surface area contributed by atoms with E-state index in [4.69, 9.17) is 0 Å². The van der Waals surface area contributed by atoms with Gasteiger partial charge in [-0.05, 0) is 22.8 Å². The minimum Gasteiger partial charge on any atom is -0.480 e. The number of fused-ring (bicyclic) bond motifs is 1. The van der Waals surface area contributed by atoms with Crippen LogP contribution in [0, 0.1) is 0 Å². The zero-order valence-electron chi connectivity index (χ0n) is 11.1. The lowest BCUT2D eigenvalue weighted by Crippen LogP contribution is -2.45. The van der Waals surface area contributed by atoms with E-state index in [-0.39, 0.29) is 0 Å². The van der Waals surface area contributed by atoms with Gasteiger partial charge in [-0.25, -0.2) is 0 Å². The monoisotopic (exact) mass is 273 g/mol. The van der Waals surface area contributed by atoms with Crippen LogP contribution in [0.1, 0.15) is 17.0 Å². The minimum absolute atomic E-state index is 0.388. The number of hydrogen-bond donors (Lipinski definition) is 1. The summed E-state index contributed by atoms with van der Waals surface area (Å²) in [5.41, 5.74) is 2.26. The van der Waals surface area contributed by atoms with Crippen LogP contribution in [0.5, 0.6) is 0 Å². The number of carboxylic acid groups (broad SMARTS) is 1. The number of tetrazole rings is 1. The lowest BCUT2D eigenvalue weighted by Gasteiger charge is -2.33. The Morgan fingerprint density at radius 1 is 1.40 bits per heavy atom. The second-order valence-electron chi connectivity index (χ2n) is 4.93. The van der Waals surface area contributed by atoms with Gasteiger partial charge in [0.25, 0.3) is 0 Å². The summed E-state index contributed by atoms with van der Waals surface area (Å²) < 4.78 is 0. The number of aliphatic carboxylic acids is 1. The van der Waals surface area contributed by atoms with Gasteiger partial charge in [0.1, 0.15) is 6.04 Å². The predicted molar refractivity (Wildman–Crippen MR) is 69.6 cm³/mol. The van der Waals surface area contributed by atoms with E-state index in [0.717, 1.165) is 11.1 Å². The Bertz CT molecular complexity index is 639. The Morgan fingerprint density at radius 3 is 2.80 bits per heavy atom. The quantitative estimate of drug-likeness (QED) is 0.861. The molecule has 0 spiro atoms. The standard InChI is InChI=1S/C13H15N5O2/c1-17-15-12(14-16-17)8-18-7-10-5-3-2-4-9(10)6-11(18)13(19)20/h2-5,11H,6-8H2,1H3,(H,19,20)/t11-/m0/s1. The van der Waals surface area contributed by atoms with Crippen molar-refractivity contribution in [2.45, 2.75) is 25.6 Å². The first-order chi connectivity index (χ1) is 9.63. The van der Waals surface area contributed by atoms with Crippen molar-refractivity contribution < 1.29 is 9.90 Å². The molecule has 0 aliphatic carbocycles. The van der Waals surface area contributed by atoms with Gasteiger partial charge in [-0.2, -0.15) is 4.80 Å². The van der Waals surface area contributed by atoms with Crippen LogP contribution < -0.4 is 0 Å². The molecular weight excluding hydrogens is 258 g/mol. The van der Waals surface area contributed by atoms with Gasteiger partial charge >= 0.3 is 5.97 Å². The molecule has 0 radical (unpaired) electrons. The number of hydrogen-bond acceptors (Lipinski definition) is 5. The molecule has 1 aliphatic rings. The third kappa shape index (κ3) is 2.39. The van der Waals surface area contributed by atoms with E-state index < -0.39 is 12.0 Å². The Hall–Kier alpha value is -2.28. The molecular formula is C13H15N5O2. The van der Waals surface area contributed by atoms with Crippen LogP contribution in [0.4, 0.5) is 0 Å². The normalized spacial score (nSPS) is 18.8. The summed E-state index contributed by atoms with van der Waals surface area (Å²) in [7, 11) is 1.69. The Balaban J connectivity index is 1.86. The topological polar surface area (TPSA) is 84.1 Å². The molecule has 1 aromatic carbocycles. The molecule has 0 fully saturated rings. The van der Waals surface area contributed by atoms with Crippen LogP contribution in [0.15, 0.2) is 24.3 Å². The number of carboxylic acids is 1. The molecule has 1 atom stereocenters. The number of benzene rings is 1. The average molecular weight is 273 g/mol. The van der Waals surface area contributed by atoms with Gasteiger partial charge in [-0.15, -0.1) is 10.2 Å². The van der Waals surface area contributed by atoms with Crippen molar-refractivity contribution in [3.63, 3.8) is 0 Å². The lowest BCUT2D eigenvalue weighted by atomic mass is 9.94. The molecule has 2 heterocycles. The molecule has 0 saturated heterocycles. The SMILES string of the molecule is Cn1nnc(CN2Cc3ccccc3C[C@H]2C(=O)O)n1. The van der Waals surface area contributed by atoms with Crippen LogP contribution in [0.3, 0.4) is 0 Å². The average Bonchev–Trinajstić information content (AvgIpc) is 2.83. The van der Waals surface area contributed by atoms with E-state index >= 15 is 0 Å². The molecule has 3 rings (SSSR count). The van der Waals surface area contributed by atoms with Crippen molar-refractivity contribution in [2.24, 2.45) is 7.05 Å². The van der Waals surface area contributed by atoms with E-state index in [2.05, 4.69) is 15.4 Å². The predicted octanol–water partition coefficient (Wildman–Crippen LogP) is 0.222. The third-order valence-electron chi connectivity index (χ3n) is 3.53. The highest BCUT2D eigenvalue weighted by Gasteiger charge is 2.31. The second-order valence-corrected chi connectivity index (χ2v) is 4.93. The zero-order valence-corrected chi connectivity index (χ0v) is 11.1. The van der Waals surface area contributed by atoms with Crippen molar-refractivity contribution in [1.82, 2.24) is 25.1 Å². The van der Waals surface area contributed by atoms with Crippen LogP contribution in [0.2, 0.25) is 0 Å². The maximum absolute atomic E-state index is 11.5. The zero-order chi connectivity index (χ0) is 14.1. The Morgan fingerprint density at radius 2 is 2.15 bits per heavy atom. The molecule has 20 heavy (non-hydrogen) atoms. The van der Waals surface area contributed by atoms with Gasteiger partial charge in [-0.3, -0.25) is 9.69 Å². The van der Waals surface area contributed by atoms with Gasteiger partial charge in [0.05, 0.1) is 13.6 Å². The smallest absolute Gasteiger partial charge is 0.321 e. The molecule has 7 nitrogen and oxygen atoms in total. The molecule has 0 unspecified atom stereocenters. The maximum atomic E-state index is 11.5. The summed E-state index contributed by atoms with van der Waals surface area (Å²) in [4.78, 5) is 14.7. The number of nitrogens with zero attached hydrogens (tertiary/aromatic N) is 5. The van der Waals surface area contributed by atoms with Crippen molar-refractivity contribution in [2.75, 3.05) is 0 Å². The van der Waals surface area contributed by atoms with Gasteiger partial charge in [0.15, 0.2) is 5.82 Å². The number of aryl methyl sites for hydroxylation is 1. The fourth-order valence-electron chi connectivity index (χ4n) is 2.56. The summed E-state index contributed by atoms with van der Waals surface area (Å²) in [5.74, 6) is -0.276. The van der Waals surface area contributed by atoms with E-state index in [0.29, 0.717) is 25.3 Å². The van der Waals surface area contributed by atoms with Crippen molar-refractivity contribution >= 4 is 5.97 Å². The summed E-state index contributed by atoms with van der Waals surface area (Å²) in [6, 6.07) is 7.39. The highest BCUT2D eigenvalue weighted by atomic mass is 16.4. The second kappa shape index (κ2) is 5.01. The van der Waals surface area contributed by atoms with E-state index in [1.165, 1.54) is 4.80 Å². The molecule has 1 aliphatic heterocycles. The van der Waals surface area contributed by atoms with Crippen molar-refractivity contribution in [3.8, 4) is 0 Å². The molecule has 1 aromatic heterocycles. The van der Waals surface area contributed by atoms with Crippen molar-refractivity contribution in [1.29, 1.82) is 0 Å². The lowest BCUT2D eigenvalue weighted by molar-refractivity contribution is -0.144. The first-order valence-electron chi connectivity index (χ1n) is 6.40. The molecule has 0 amide bonds.